The third-order valence-electron chi connectivity index (χ3n) is 9.64. The average molecular weight is 790 g/mol. The second-order valence-corrected chi connectivity index (χ2v) is 17.5. The van der Waals surface area contributed by atoms with Crippen LogP contribution in [0.1, 0.15) is 60.8 Å². The number of thiazole rings is 1. The van der Waals surface area contributed by atoms with Crippen LogP contribution in [0.2, 0.25) is 5.02 Å². The first-order valence-electron chi connectivity index (χ1n) is 17.9. The molecule has 3 fully saturated rings. The highest BCUT2D eigenvalue weighted by molar-refractivity contribution is 7.22. The van der Waals surface area contributed by atoms with Crippen molar-refractivity contribution in [1.82, 2.24) is 24.8 Å². The molecule has 2 aromatic heterocycles. The van der Waals surface area contributed by atoms with Gasteiger partial charge in [-0.3, -0.25) is 15.1 Å². The van der Waals surface area contributed by atoms with E-state index in [2.05, 4.69) is 15.3 Å². The number of likely N-dealkylation sites (tertiary alicyclic amines) is 1. The molecule has 2 bridgehead atoms. The van der Waals surface area contributed by atoms with Crippen molar-refractivity contribution in [3.63, 3.8) is 0 Å². The molecule has 2 amide bonds. The van der Waals surface area contributed by atoms with Crippen LogP contribution in [-0.2, 0) is 9.47 Å². The summed E-state index contributed by atoms with van der Waals surface area (Å²) in [6, 6.07) is 3.43. The van der Waals surface area contributed by atoms with Crippen LogP contribution in [-0.4, -0.2) is 106 Å². The normalized spacial score (nSPS) is 22.0. The fraction of sp³-hybridized carbons (Fsp3) is 0.541. The largest absolute Gasteiger partial charge is 0.462 e. The van der Waals surface area contributed by atoms with E-state index in [4.69, 9.17) is 30.8 Å². The topological polar surface area (TPSA) is 122 Å². The van der Waals surface area contributed by atoms with Gasteiger partial charge in [0.15, 0.2) is 10.9 Å². The van der Waals surface area contributed by atoms with Crippen LogP contribution in [0, 0.1) is 11.6 Å². The summed E-state index contributed by atoms with van der Waals surface area (Å²) in [4.78, 5) is 45.1. The Balaban J connectivity index is 1.29. The van der Waals surface area contributed by atoms with Crippen LogP contribution in [0.25, 0.3) is 32.2 Å². The number of hydrogen-bond acceptors (Lipinski definition) is 11. The Hall–Kier alpha value is -4.15. The number of amides is 2. The molecule has 2 unspecified atom stereocenters. The predicted molar refractivity (Wildman–Crippen MR) is 201 cm³/mol. The molecule has 0 aliphatic carbocycles. The predicted octanol–water partition coefficient (Wildman–Crippen LogP) is 8.19. The zero-order chi connectivity index (χ0) is 38.9. The monoisotopic (exact) mass is 789 g/mol. The van der Waals surface area contributed by atoms with Gasteiger partial charge < -0.3 is 19.1 Å². The number of halogens is 4. The molecule has 4 aromatic rings. The summed E-state index contributed by atoms with van der Waals surface area (Å²) >= 11 is 7.78. The van der Waals surface area contributed by atoms with Gasteiger partial charge in [0.05, 0.1) is 27.3 Å². The highest BCUT2D eigenvalue weighted by Crippen LogP contribution is 2.44. The maximum absolute atomic E-state index is 17.1. The molecule has 54 heavy (non-hydrogen) atoms. The zero-order valence-electron chi connectivity index (χ0n) is 31.1. The molecule has 4 atom stereocenters. The van der Waals surface area contributed by atoms with Gasteiger partial charge in [-0.2, -0.15) is 9.97 Å². The van der Waals surface area contributed by atoms with Crippen LogP contribution in [0.4, 0.5) is 33.7 Å². The van der Waals surface area contributed by atoms with Crippen molar-refractivity contribution in [3.05, 3.63) is 34.9 Å². The SMILES string of the molecule is CN1C[C@H](F)C[C@H]1COc1nc(N2CC3CCC(C2)N3C(=O)OC(C)(C)C)c2cc(Cl)c(-c3ccc(F)c4sc(NC(=O)OC(C)(C)C)nc34)c(F)c2n1. The van der Waals surface area contributed by atoms with Gasteiger partial charge in [0.1, 0.15) is 41.1 Å². The van der Waals surface area contributed by atoms with E-state index >= 15 is 8.78 Å². The summed E-state index contributed by atoms with van der Waals surface area (Å²) in [6.45, 7) is 11.7. The van der Waals surface area contributed by atoms with Crippen molar-refractivity contribution in [1.29, 1.82) is 0 Å². The zero-order valence-corrected chi connectivity index (χ0v) is 32.7. The summed E-state index contributed by atoms with van der Waals surface area (Å²) in [5.41, 5.74) is -1.36. The number of anilines is 2. The quantitative estimate of drug-likeness (QED) is 0.205. The molecular weight excluding hydrogens is 747 g/mol. The highest BCUT2D eigenvalue weighted by atomic mass is 35.5. The standard InChI is InChI=1S/C37H43ClF3N7O5S/c1-36(2,3)52-34(49)45-33-43-29-22(10-11-25(40)30(29)54-33)26-24(38)13-23-28(27(26)41)42-32(51-17-21-12-18(39)14-46(21)7)44-31(23)47-15-19-8-9-20(16-47)48(19)35(50)53-37(4,5)6/h10-11,13,18-21H,8-9,12,14-17H2,1-7H3,(H,43,45,49)/t18-,19?,20?,21+/m1/s1. The summed E-state index contributed by atoms with van der Waals surface area (Å²) < 4.78 is 63.7. The Morgan fingerprint density at radius 3 is 2.30 bits per heavy atom. The molecule has 290 valence electrons. The Morgan fingerprint density at radius 2 is 1.67 bits per heavy atom. The molecular formula is C37H43ClF3N7O5S. The van der Waals surface area contributed by atoms with Gasteiger partial charge >= 0.3 is 18.2 Å². The number of rotatable bonds is 6. The average Bonchev–Trinajstić information content (AvgIpc) is 3.71. The number of carbonyl (C=O) groups excluding carboxylic acids is 2. The second-order valence-electron chi connectivity index (χ2n) is 16.1. The Bertz CT molecular complexity index is 2110. The minimum absolute atomic E-state index is 0.00184. The van der Waals surface area contributed by atoms with Crippen LogP contribution < -0.4 is 15.0 Å². The van der Waals surface area contributed by atoms with E-state index in [-0.39, 0.29) is 86.8 Å². The molecule has 3 aliphatic heterocycles. The van der Waals surface area contributed by atoms with Crippen LogP contribution >= 0.6 is 22.9 Å². The van der Waals surface area contributed by atoms with Crippen LogP contribution in [0.15, 0.2) is 18.2 Å². The number of benzene rings is 2. The van der Waals surface area contributed by atoms with Crippen molar-refractivity contribution in [2.75, 3.05) is 43.5 Å². The number of likely N-dealkylation sites (N-methyl/N-ethyl adjacent to an activating group) is 1. The lowest BCUT2D eigenvalue weighted by Crippen LogP contribution is -2.57. The molecule has 17 heteroatoms. The van der Waals surface area contributed by atoms with Gasteiger partial charge in [-0.15, -0.1) is 0 Å². The van der Waals surface area contributed by atoms with Crippen LogP contribution in [0.5, 0.6) is 6.01 Å². The van der Waals surface area contributed by atoms with Gasteiger partial charge in [0.25, 0.3) is 0 Å². The van der Waals surface area contributed by atoms with Gasteiger partial charge in [-0.05, 0) is 86.1 Å². The molecule has 5 heterocycles. The smallest absolute Gasteiger partial charge is 0.413 e. The van der Waals surface area contributed by atoms with Gasteiger partial charge in [-0.1, -0.05) is 22.9 Å². The summed E-state index contributed by atoms with van der Waals surface area (Å²) in [5.74, 6) is -1.06. The number of nitrogens with one attached hydrogen (secondary N) is 1. The Labute approximate surface area is 319 Å². The number of carbonyl (C=O) groups is 2. The lowest BCUT2D eigenvalue weighted by atomic mass is 10.0. The van der Waals surface area contributed by atoms with E-state index in [1.165, 1.54) is 12.1 Å². The fourth-order valence-electron chi connectivity index (χ4n) is 7.40. The van der Waals surface area contributed by atoms with E-state index in [1.807, 2.05) is 37.6 Å². The maximum atomic E-state index is 17.1. The minimum atomic E-state index is -0.992. The maximum Gasteiger partial charge on any atom is 0.413 e. The molecule has 7 rings (SSSR count). The third kappa shape index (κ3) is 7.69. The van der Waals surface area contributed by atoms with Gasteiger partial charge in [0, 0.05) is 42.2 Å². The molecule has 2 aromatic carbocycles. The summed E-state index contributed by atoms with van der Waals surface area (Å²) in [5, 5.41) is 2.89. The van der Waals surface area contributed by atoms with Crippen molar-refractivity contribution in [3.8, 4) is 17.1 Å². The lowest BCUT2D eigenvalue weighted by molar-refractivity contribution is 0.0122. The number of nitrogens with zero attached hydrogens (tertiary/aromatic N) is 6. The number of hydrogen-bond donors (Lipinski definition) is 1. The second kappa shape index (κ2) is 14.2. The molecule has 0 spiro atoms. The molecule has 3 aliphatic rings. The number of alkyl halides is 1. The summed E-state index contributed by atoms with van der Waals surface area (Å²) in [6.07, 6.45) is -0.364. The first-order chi connectivity index (χ1) is 25.3. The van der Waals surface area contributed by atoms with E-state index in [0.29, 0.717) is 24.3 Å². The number of ether oxygens (including phenoxy) is 3. The minimum Gasteiger partial charge on any atom is -0.462 e. The fourth-order valence-corrected chi connectivity index (χ4v) is 8.58. The van der Waals surface area contributed by atoms with E-state index in [9.17, 15) is 14.0 Å². The third-order valence-corrected chi connectivity index (χ3v) is 10.9. The number of piperazine rings is 1. The van der Waals surface area contributed by atoms with E-state index in [0.717, 1.165) is 24.2 Å². The van der Waals surface area contributed by atoms with Gasteiger partial charge in [-0.25, -0.2) is 27.7 Å². The first-order valence-corrected chi connectivity index (χ1v) is 19.1. The van der Waals surface area contributed by atoms with Crippen molar-refractivity contribution >= 4 is 67.2 Å². The van der Waals surface area contributed by atoms with Crippen LogP contribution in [0.3, 0.4) is 0 Å². The molecule has 3 saturated heterocycles. The lowest BCUT2D eigenvalue weighted by Gasteiger charge is -2.42. The first kappa shape index (κ1) is 38.1. The number of aromatic nitrogens is 3. The van der Waals surface area contributed by atoms with E-state index < -0.39 is 35.1 Å². The van der Waals surface area contributed by atoms with Crippen molar-refractivity contribution in [2.24, 2.45) is 0 Å². The number of fused-ring (bicyclic) bond motifs is 4. The molecule has 12 nitrogen and oxygen atoms in total. The van der Waals surface area contributed by atoms with Crippen molar-refractivity contribution in [2.45, 2.75) is 96.3 Å². The van der Waals surface area contributed by atoms with E-state index in [1.54, 1.807) is 31.7 Å². The van der Waals surface area contributed by atoms with Gasteiger partial charge in [0.2, 0.25) is 0 Å². The Morgan fingerprint density at radius 1 is 0.981 bits per heavy atom. The summed E-state index contributed by atoms with van der Waals surface area (Å²) in [7, 11) is 1.81. The Kier molecular flexibility index (Phi) is 10.0. The molecule has 1 N–H and O–H groups in total. The molecule has 0 saturated carbocycles. The van der Waals surface area contributed by atoms with Crippen molar-refractivity contribution < 1.29 is 37.0 Å². The highest BCUT2D eigenvalue weighted by Gasteiger charge is 2.45. The molecule has 0 radical (unpaired) electrons.